The molecule has 0 saturated carbocycles. The van der Waals surface area contributed by atoms with Gasteiger partial charge in [-0.2, -0.15) is 5.10 Å². The van der Waals surface area contributed by atoms with Crippen molar-refractivity contribution in [2.75, 3.05) is 18.8 Å². The SMILES string of the molecule is Nc1ncnc2c1c(-c1ccc(O)cc1F)nn2C1CCCNC1. The molecule has 1 atom stereocenters. The van der Waals surface area contributed by atoms with Gasteiger partial charge in [-0.05, 0) is 31.5 Å². The van der Waals surface area contributed by atoms with Crippen molar-refractivity contribution in [3.05, 3.63) is 30.3 Å². The lowest BCUT2D eigenvalue weighted by Crippen LogP contribution is -2.32. The molecule has 1 aliphatic rings. The predicted molar refractivity (Wildman–Crippen MR) is 87.9 cm³/mol. The Balaban J connectivity index is 1.95. The molecule has 0 amide bonds. The lowest BCUT2D eigenvalue weighted by atomic mass is 10.1. The summed E-state index contributed by atoms with van der Waals surface area (Å²) in [4.78, 5) is 8.35. The summed E-state index contributed by atoms with van der Waals surface area (Å²) in [5, 5.41) is 17.9. The zero-order valence-electron chi connectivity index (χ0n) is 12.9. The van der Waals surface area contributed by atoms with E-state index in [0.717, 1.165) is 32.0 Å². The first-order chi connectivity index (χ1) is 11.6. The molecule has 8 heteroatoms. The number of nitrogens with zero attached hydrogens (tertiary/aromatic N) is 4. The number of phenols is 1. The van der Waals surface area contributed by atoms with Gasteiger partial charge in [-0.25, -0.2) is 19.0 Å². The number of fused-ring (bicyclic) bond motifs is 1. The van der Waals surface area contributed by atoms with E-state index in [1.165, 1.54) is 18.5 Å². The van der Waals surface area contributed by atoms with Gasteiger partial charge in [0.1, 0.15) is 29.4 Å². The highest BCUT2D eigenvalue weighted by molar-refractivity contribution is 5.98. The van der Waals surface area contributed by atoms with Crippen molar-refractivity contribution < 1.29 is 9.50 Å². The summed E-state index contributed by atoms with van der Waals surface area (Å²) in [5.74, 6) is -0.440. The smallest absolute Gasteiger partial charge is 0.164 e. The number of hydrogen-bond acceptors (Lipinski definition) is 6. The molecule has 0 radical (unpaired) electrons. The lowest BCUT2D eigenvalue weighted by Gasteiger charge is -2.23. The molecule has 1 fully saturated rings. The molecule has 0 aliphatic carbocycles. The fraction of sp³-hybridized carbons (Fsp3) is 0.312. The molecule has 124 valence electrons. The Hall–Kier alpha value is -2.74. The van der Waals surface area contributed by atoms with Gasteiger partial charge in [-0.3, -0.25) is 0 Å². The van der Waals surface area contributed by atoms with Crippen LogP contribution in [-0.2, 0) is 0 Å². The third-order valence-electron chi connectivity index (χ3n) is 4.34. The molecule has 1 unspecified atom stereocenters. The fourth-order valence-electron chi connectivity index (χ4n) is 3.18. The quantitative estimate of drug-likeness (QED) is 0.663. The lowest BCUT2D eigenvalue weighted by molar-refractivity contribution is 0.354. The summed E-state index contributed by atoms with van der Waals surface area (Å²) in [6.45, 7) is 1.75. The number of phenolic OH excluding ortho intramolecular Hbond substituents is 1. The Morgan fingerprint density at radius 3 is 2.96 bits per heavy atom. The van der Waals surface area contributed by atoms with Crippen LogP contribution >= 0.6 is 0 Å². The first-order valence-electron chi connectivity index (χ1n) is 7.83. The minimum absolute atomic E-state index is 0.129. The van der Waals surface area contributed by atoms with Crippen LogP contribution < -0.4 is 11.1 Å². The van der Waals surface area contributed by atoms with Gasteiger partial charge in [-0.15, -0.1) is 0 Å². The number of halogens is 1. The molecule has 3 heterocycles. The van der Waals surface area contributed by atoms with Gasteiger partial charge >= 0.3 is 0 Å². The Kier molecular flexibility index (Phi) is 3.53. The highest BCUT2D eigenvalue weighted by atomic mass is 19.1. The van der Waals surface area contributed by atoms with E-state index in [9.17, 15) is 9.50 Å². The maximum absolute atomic E-state index is 14.3. The molecular formula is C16H17FN6O. The maximum Gasteiger partial charge on any atom is 0.164 e. The molecule has 2 aromatic heterocycles. The van der Waals surface area contributed by atoms with Crippen molar-refractivity contribution in [2.45, 2.75) is 18.9 Å². The van der Waals surface area contributed by atoms with Crippen LogP contribution in [0, 0.1) is 5.82 Å². The molecule has 1 aliphatic heterocycles. The molecular weight excluding hydrogens is 311 g/mol. The molecule has 4 N–H and O–H groups in total. The van der Waals surface area contributed by atoms with Gasteiger partial charge in [0.25, 0.3) is 0 Å². The number of nitrogens with one attached hydrogen (secondary N) is 1. The Labute approximate surface area is 137 Å². The highest BCUT2D eigenvalue weighted by Gasteiger charge is 2.24. The van der Waals surface area contributed by atoms with Gasteiger partial charge < -0.3 is 16.2 Å². The van der Waals surface area contributed by atoms with E-state index >= 15 is 0 Å². The van der Waals surface area contributed by atoms with Crippen LogP contribution in [0.3, 0.4) is 0 Å². The van der Waals surface area contributed by atoms with E-state index in [2.05, 4.69) is 20.4 Å². The standard InChI is InChI=1S/C16H17FN6O/c17-12-6-10(24)3-4-11(12)14-13-15(18)20-8-21-16(13)23(22-14)9-2-1-5-19-7-9/h3-4,6,8-9,19,24H,1-2,5,7H2,(H2,18,20,21). The number of rotatable bonds is 2. The molecule has 1 aromatic carbocycles. The number of aromatic hydroxyl groups is 1. The summed E-state index contributed by atoms with van der Waals surface area (Å²) in [6, 6.07) is 4.10. The minimum Gasteiger partial charge on any atom is -0.508 e. The Bertz CT molecular complexity index is 903. The highest BCUT2D eigenvalue weighted by Crippen LogP contribution is 2.34. The largest absolute Gasteiger partial charge is 0.508 e. The molecule has 3 aromatic rings. The van der Waals surface area contributed by atoms with Crippen LogP contribution in [0.1, 0.15) is 18.9 Å². The van der Waals surface area contributed by atoms with E-state index in [-0.39, 0.29) is 23.2 Å². The average molecular weight is 328 g/mol. The molecule has 1 saturated heterocycles. The first-order valence-corrected chi connectivity index (χ1v) is 7.83. The van der Waals surface area contributed by atoms with Crippen molar-refractivity contribution in [1.82, 2.24) is 25.1 Å². The van der Waals surface area contributed by atoms with Crippen LogP contribution in [0.15, 0.2) is 24.5 Å². The summed E-state index contributed by atoms with van der Waals surface area (Å²) >= 11 is 0. The number of piperidine rings is 1. The maximum atomic E-state index is 14.3. The average Bonchev–Trinajstić information content (AvgIpc) is 2.96. The summed E-state index contributed by atoms with van der Waals surface area (Å²) < 4.78 is 16.2. The van der Waals surface area contributed by atoms with E-state index in [1.54, 1.807) is 4.68 Å². The zero-order valence-corrected chi connectivity index (χ0v) is 12.9. The first kappa shape index (κ1) is 14.8. The Morgan fingerprint density at radius 2 is 2.21 bits per heavy atom. The van der Waals surface area contributed by atoms with Crippen LogP contribution in [0.5, 0.6) is 5.75 Å². The van der Waals surface area contributed by atoms with E-state index in [4.69, 9.17) is 5.73 Å². The monoisotopic (exact) mass is 328 g/mol. The zero-order chi connectivity index (χ0) is 16.7. The van der Waals surface area contributed by atoms with Gasteiger partial charge in [0.05, 0.1) is 11.4 Å². The van der Waals surface area contributed by atoms with Crippen LogP contribution in [0.25, 0.3) is 22.3 Å². The fourth-order valence-corrected chi connectivity index (χ4v) is 3.18. The predicted octanol–water partition coefficient (Wildman–Crippen LogP) is 1.84. The summed E-state index contributed by atoms with van der Waals surface area (Å²) in [5.41, 5.74) is 7.28. The number of anilines is 1. The number of nitrogens with two attached hydrogens (primary N) is 1. The van der Waals surface area contributed by atoms with Gasteiger partial charge in [0.15, 0.2) is 5.65 Å². The van der Waals surface area contributed by atoms with Crippen LogP contribution in [0.2, 0.25) is 0 Å². The molecule has 0 spiro atoms. The van der Waals surface area contributed by atoms with E-state index in [0.29, 0.717) is 16.7 Å². The second-order valence-electron chi connectivity index (χ2n) is 5.92. The van der Waals surface area contributed by atoms with Crippen molar-refractivity contribution in [2.24, 2.45) is 0 Å². The number of benzene rings is 1. The van der Waals surface area contributed by atoms with Crippen molar-refractivity contribution in [3.8, 4) is 17.0 Å². The normalized spacial score (nSPS) is 18.1. The van der Waals surface area contributed by atoms with Gasteiger partial charge in [0, 0.05) is 18.2 Å². The van der Waals surface area contributed by atoms with Crippen LogP contribution in [0.4, 0.5) is 10.2 Å². The third-order valence-corrected chi connectivity index (χ3v) is 4.34. The minimum atomic E-state index is -0.563. The van der Waals surface area contributed by atoms with Crippen molar-refractivity contribution >= 4 is 16.9 Å². The number of aromatic nitrogens is 4. The second kappa shape index (κ2) is 5.72. The Morgan fingerprint density at radius 1 is 1.33 bits per heavy atom. The molecule has 0 bridgehead atoms. The molecule has 24 heavy (non-hydrogen) atoms. The number of nitrogen functional groups attached to an aromatic ring is 1. The topological polar surface area (TPSA) is 102 Å². The van der Waals surface area contributed by atoms with Crippen molar-refractivity contribution in [3.63, 3.8) is 0 Å². The number of hydrogen-bond donors (Lipinski definition) is 3. The van der Waals surface area contributed by atoms with E-state index < -0.39 is 5.82 Å². The molecule has 7 nitrogen and oxygen atoms in total. The van der Waals surface area contributed by atoms with Crippen molar-refractivity contribution in [1.29, 1.82) is 0 Å². The molecule has 4 rings (SSSR count). The van der Waals surface area contributed by atoms with Gasteiger partial charge in [-0.1, -0.05) is 0 Å². The summed E-state index contributed by atoms with van der Waals surface area (Å²) in [7, 11) is 0. The van der Waals surface area contributed by atoms with E-state index in [1.807, 2.05) is 0 Å². The second-order valence-corrected chi connectivity index (χ2v) is 5.92. The summed E-state index contributed by atoms with van der Waals surface area (Å²) in [6.07, 6.45) is 3.39. The third kappa shape index (κ3) is 2.35. The van der Waals surface area contributed by atoms with Gasteiger partial charge in [0.2, 0.25) is 0 Å². The van der Waals surface area contributed by atoms with Crippen LogP contribution in [-0.4, -0.2) is 37.9 Å².